The fraction of sp³-hybridized carbons (Fsp3) is 0.571. The fourth-order valence-corrected chi connectivity index (χ4v) is 2.84. The Hall–Kier alpha value is -1.29. The zero-order chi connectivity index (χ0) is 13.8. The molecule has 1 heterocycles. The summed E-state index contributed by atoms with van der Waals surface area (Å²) in [6.45, 7) is 2.23. The lowest BCUT2D eigenvalue weighted by molar-refractivity contribution is 0.0921. The van der Waals surface area contributed by atoms with Crippen molar-refractivity contribution in [3.05, 3.63) is 22.8 Å². The fourth-order valence-electron chi connectivity index (χ4n) is 2.58. The molecule has 0 bridgehead atoms. The predicted molar refractivity (Wildman–Crippen MR) is 77.7 cm³/mol. The number of nitrogens with one attached hydrogen (secondary N) is 2. The molecule has 1 saturated carbocycles. The second kappa shape index (κ2) is 6.24. The Bertz CT molecular complexity index is 464. The molecule has 1 amide bonds. The highest BCUT2D eigenvalue weighted by atomic mass is 35.5. The Labute approximate surface area is 118 Å². The summed E-state index contributed by atoms with van der Waals surface area (Å²) in [5.41, 5.74) is 0.516. The average Bonchev–Trinajstić information content (AvgIpc) is 2.38. The van der Waals surface area contributed by atoms with E-state index < -0.39 is 0 Å². The summed E-state index contributed by atoms with van der Waals surface area (Å²) in [6.07, 6.45) is 6.12. The molecule has 0 aliphatic heterocycles. The van der Waals surface area contributed by atoms with Gasteiger partial charge in [0.2, 0.25) is 0 Å². The summed E-state index contributed by atoms with van der Waals surface area (Å²) in [5, 5.41) is 6.41. The smallest absolute Gasteiger partial charge is 0.253 e. The van der Waals surface area contributed by atoms with E-state index in [0.29, 0.717) is 22.3 Å². The molecule has 1 aliphatic carbocycles. The van der Waals surface area contributed by atoms with Crippen LogP contribution in [-0.2, 0) is 0 Å². The molecule has 0 aromatic carbocycles. The Morgan fingerprint density at radius 2 is 2.26 bits per heavy atom. The average molecular weight is 282 g/mol. The van der Waals surface area contributed by atoms with Crippen LogP contribution in [0.25, 0.3) is 0 Å². The van der Waals surface area contributed by atoms with E-state index in [9.17, 15) is 4.79 Å². The first-order valence-corrected chi connectivity index (χ1v) is 7.12. The van der Waals surface area contributed by atoms with Crippen LogP contribution in [0.2, 0.25) is 5.02 Å². The maximum absolute atomic E-state index is 12.1. The number of anilines is 1. The van der Waals surface area contributed by atoms with E-state index >= 15 is 0 Å². The lowest BCUT2D eigenvalue weighted by atomic mass is 9.87. The third kappa shape index (κ3) is 3.60. The highest BCUT2D eigenvalue weighted by Gasteiger charge is 2.21. The van der Waals surface area contributed by atoms with E-state index in [1.54, 1.807) is 19.3 Å². The quantitative estimate of drug-likeness (QED) is 0.895. The van der Waals surface area contributed by atoms with E-state index in [1.807, 2.05) is 0 Å². The number of hydrogen-bond donors (Lipinski definition) is 2. The first kappa shape index (κ1) is 14.1. The molecular formula is C14H20ClN3O. The zero-order valence-corrected chi connectivity index (χ0v) is 12.1. The summed E-state index contributed by atoms with van der Waals surface area (Å²) < 4.78 is 0. The Morgan fingerprint density at radius 1 is 1.47 bits per heavy atom. The largest absolute Gasteiger partial charge is 0.372 e. The van der Waals surface area contributed by atoms with Crippen LogP contribution in [0.5, 0.6) is 0 Å². The number of pyridine rings is 1. The first-order valence-electron chi connectivity index (χ1n) is 6.74. The standard InChI is InChI=1S/C14H20ClN3O/c1-9-4-3-5-11(6-9)18-14(19)10-7-12(15)13(16-2)17-8-10/h7-9,11H,3-6H2,1-2H3,(H,16,17)(H,18,19). The number of aromatic nitrogens is 1. The summed E-state index contributed by atoms with van der Waals surface area (Å²) >= 11 is 6.03. The van der Waals surface area contributed by atoms with Crippen molar-refractivity contribution < 1.29 is 4.79 Å². The van der Waals surface area contributed by atoms with Gasteiger partial charge in [0.15, 0.2) is 0 Å². The zero-order valence-electron chi connectivity index (χ0n) is 11.4. The third-order valence-electron chi connectivity index (χ3n) is 3.61. The normalized spacial score (nSPS) is 22.9. The van der Waals surface area contributed by atoms with E-state index in [-0.39, 0.29) is 11.9 Å². The van der Waals surface area contributed by atoms with Crippen molar-refractivity contribution >= 4 is 23.3 Å². The van der Waals surface area contributed by atoms with Gasteiger partial charge in [0, 0.05) is 19.3 Å². The van der Waals surface area contributed by atoms with Gasteiger partial charge in [0.25, 0.3) is 5.91 Å². The highest BCUT2D eigenvalue weighted by Crippen LogP contribution is 2.24. The monoisotopic (exact) mass is 281 g/mol. The molecule has 19 heavy (non-hydrogen) atoms. The summed E-state index contributed by atoms with van der Waals surface area (Å²) in [6, 6.07) is 1.93. The number of amides is 1. The molecule has 1 aromatic rings. The van der Waals surface area contributed by atoms with E-state index in [2.05, 4.69) is 22.5 Å². The lowest BCUT2D eigenvalue weighted by Crippen LogP contribution is -2.38. The Balaban J connectivity index is 2.01. The number of nitrogens with zero attached hydrogens (tertiary/aromatic N) is 1. The van der Waals surface area contributed by atoms with E-state index in [4.69, 9.17) is 11.6 Å². The summed E-state index contributed by atoms with van der Waals surface area (Å²) in [5.74, 6) is 1.19. The van der Waals surface area contributed by atoms with Gasteiger partial charge in [-0.3, -0.25) is 4.79 Å². The molecule has 2 atom stereocenters. The van der Waals surface area contributed by atoms with Crippen LogP contribution in [0.4, 0.5) is 5.82 Å². The van der Waals surface area contributed by atoms with Crippen molar-refractivity contribution in [1.82, 2.24) is 10.3 Å². The van der Waals surface area contributed by atoms with Gasteiger partial charge < -0.3 is 10.6 Å². The Morgan fingerprint density at radius 3 is 2.89 bits per heavy atom. The van der Waals surface area contributed by atoms with Crippen molar-refractivity contribution in [2.45, 2.75) is 38.6 Å². The predicted octanol–water partition coefficient (Wildman–Crippen LogP) is 3.09. The molecule has 5 heteroatoms. The number of rotatable bonds is 3. The lowest BCUT2D eigenvalue weighted by Gasteiger charge is -2.27. The number of halogens is 1. The van der Waals surface area contributed by atoms with Gasteiger partial charge in [-0.25, -0.2) is 4.98 Å². The topological polar surface area (TPSA) is 54.0 Å². The molecule has 1 aliphatic rings. The highest BCUT2D eigenvalue weighted by molar-refractivity contribution is 6.33. The number of hydrogen-bond acceptors (Lipinski definition) is 3. The van der Waals surface area contributed by atoms with Crippen molar-refractivity contribution in [3.63, 3.8) is 0 Å². The van der Waals surface area contributed by atoms with Crippen LogP contribution < -0.4 is 10.6 Å². The second-order valence-electron chi connectivity index (χ2n) is 5.25. The first-order chi connectivity index (χ1) is 9.10. The number of carbonyl (C=O) groups is 1. The van der Waals surface area contributed by atoms with Gasteiger partial charge in [-0.05, 0) is 24.8 Å². The van der Waals surface area contributed by atoms with E-state index in [0.717, 1.165) is 12.8 Å². The molecule has 104 valence electrons. The van der Waals surface area contributed by atoms with Gasteiger partial charge in [-0.1, -0.05) is 31.4 Å². The van der Waals surface area contributed by atoms with Crippen molar-refractivity contribution in [3.8, 4) is 0 Å². The molecule has 2 rings (SSSR count). The molecule has 4 nitrogen and oxygen atoms in total. The minimum absolute atomic E-state index is 0.0869. The van der Waals surface area contributed by atoms with Crippen molar-refractivity contribution in [1.29, 1.82) is 0 Å². The van der Waals surface area contributed by atoms with Gasteiger partial charge in [0.05, 0.1) is 10.6 Å². The minimum Gasteiger partial charge on any atom is -0.372 e. The number of carbonyl (C=O) groups excluding carboxylic acids is 1. The summed E-state index contributed by atoms with van der Waals surface area (Å²) in [7, 11) is 1.75. The van der Waals surface area contributed by atoms with Crippen LogP contribution in [0.3, 0.4) is 0 Å². The Kier molecular flexibility index (Phi) is 4.64. The maximum atomic E-state index is 12.1. The second-order valence-corrected chi connectivity index (χ2v) is 5.65. The van der Waals surface area contributed by atoms with Gasteiger partial charge in [0.1, 0.15) is 5.82 Å². The van der Waals surface area contributed by atoms with Crippen LogP contribution in [0, 0.1) is 5.92 Å². The molecule has 1 fully saturated rings. The third-order valence-corrected chi connectivity index (χ3v) is 3.90. The summed E-state index contributed by atoms with van der Waals surface area (Å²) in [4.78, 5) is 16.3. The van der Waals surface area contributed by atoms with Crippen molar-refractivity contribution in [2.75, 3.05) is 12.4 Å². The molecule has 0 radical (unpaired) electrons. The SMILES string of the molecule is CNc1ncc(C(=O)NC2CCCC(C)C2)cc1Cl. The van der Waals surface area contributed by atoms with Crippen molar-refractivity contribution in [2.24, 2.45) is 5.92 Å². The van der Waals surface area contributed by atoms with Gasteiger partial charge in [-0.2, -0.15) is 0 Å². The van der Waals surface area contributed by atoms with Crippen LogP contribution in [0.15, 0.2) is 12.3 Å². The van der Waals surface area contributed by atoms with Crippen LogP contribution in [0.1, 0.15) is 43.0 Å². The molecule has 2 N–H and O–H groups in total. The van der Waals surface area contributed by atoms with Gasteiger partial charge in [-0.15, -0.1) is 0 Å². The molecule has 0 spiro atoms. The molecule has 2 unspecified atom stereocenters. The van der Waals surface area contributed by atoms with E-state index in [1.165, 1.54) is 12.8 Å². The van der Waals surface area contributed by atoms with Crippen LogP contribution >= 0.6 is 11.6 Å². The molecule has 1 aromatic heterocycles. The molecular weight excluding hydrogens is 262 g/mol. The van der Waals surface area contributed by atoms with Crippen LogP contribution in [-0.4, -0.2) is 24.0 Å². The maximum Gasteiger partial charge on any atom is 0.253 e. The molecule has 0 saturated heterocycles. The van der Waals surface area contributed by atoms with Gasteiger partial charge >= 0.3 is 0 Å². The minimum atomic E-state index is -0.0869.